The molecule has 0 unspecified atom stereocenters. The molecule has 16 nitrogen and oxygen atoms in total. The second-order valence-corrected chi connectivity index (χ2v) is 7.18. The minimum absolute atomic E-state index is 0.0258. The number of fused-ring (bicyclic) bond motifs is 3. The third-order valence-corrected chi connectivity index (χ3v) is 4.85. The summed E-state index contributed by atoms with van der Waals surface area (Å²) >= 11 is 0. The van der Waals surface area contributed by atoms with Crippen LogP contribution in [-0.2, 0) is 4.79 Å². The van der Waals surface area contributed by atoms with E-state index in [0.29, 0.717) is 0 Å². The number of aromatic carboxylic acids is 3. The number of carbonyl (C=O) groups is 6. The molecule has 0 amide bonds. The molecule has 2 aromatic rings. The number of pyridine rings is 1. The molecule has 0 spiro atoms. The predicted octanol–water partition coefficient (Wildman–Crippen LogP) is -2.83. The third-order valence-electron chi connectivity index (χ3n) is 4.85. The van der Waals surface area contributed by atoms with Gasteiger partial charge in [-0.25, -0.2) is 19.4 Å². The SMILES string of the molecule is O=C(O)c1cc(C(=O)O)c2c(n1)C(=O)C(=O)c1cc(C(=O)O)[nH]c1-2.O=C[C@H](O)[C@@H](O)[C@H](O)[C@H](O)CO. The Morgan fingerprint density at radius 3 is 2.00 bits per heavy atom. The molecule has 2 heterocycles. The topological polar surface area (TPSA) is 293 Å². The minimum Gasteiger partial charge on any atom is -0.478 e. The van der Waals surface area contributed by atoms with Gasteiger partial charge in [0.25, 0.3) is 5.78 Å². The first-order valence-corrected chi connectivity index (χ1v) is 9.62. The maximum Gasteiger partial charge on any atom is 0.354 e. The van der Waals surface area contributed by atoms with Crippen molar-refractivity contribution in [2.24, 2.45) is 0 Å². The Morgan fingerprint density at radius 2 is 1.53 bits per heavy atom. The Labute approximate surface area is 198 Å². The summed E-state index contributed by atoms with van der Waals surface area (Å²) in [6.07, 6.45) is -6.84. The largest absolute Gasteiger partial charge is 0.478 e. The Morgan fingerprint density at radius 1 is 0.917 bits per heavy atom. The molecule has 0 bridgehead atoms. The molecule has 4 atom stereocenters. The van der Waals surface area contributed by atoms with E-state index in [0.717, 1.165) is 12.1 Å². The number of aldehydes is 1. The first kappa shape index (κ1) is 27.9. The van der Waals surface area contributed by atoms with Gasteiger partial charge in [-0.2, -0.15) is 0 Å². The molecule has 1 aliphatic rings. The smallest absolute Gasteiger partial charge is 0.354 e. The van der Waals surface area contributed by atoms with E-state index in [2.05, 4.69) is 9.97 Å². The molecule has 192 valence electrons. The van der Waals surface area contributed by atoms with Crippen LogP contribution in [0.2, 0.25) is 0 Å². The average Bonchev–Trinajstić information content (AvgIpc) is 3.30. The first-order valence-electron chi connectivity index (χ1n) is 9.62. The zero-order chi connectivity index (χ0) is 27.5. The molecule has 3 rings (SSSR count). The van der Waals surface area contributed by atoms with Gasteiger partial charge in [-0.05, 0) is 12.1 Å². The molecule has 0 fully saturated rings. The van der Waals surface area contributed by atoms with Crippen molar-refractivity contribution < 1.29 is 69.6 Å². The van der Waals surface area contributed by atoms with Gasteiger partial charge in [0.05, 0.1) is 23.4 Å². The van der Waals surface area contributed by atoms with Gasteiger partial charge in [0.2, 0.25) is 5.78 Å². The van der Waals surface area contributed by atoms with Crippen LogP contribution in [0.3, 0.4) is 0 Å². The van der Waals surface area contributed by atoms with Gasteiger partial charge in [-0.15, -0.1) is 0 Å². The highest BCUT2D eigenvalue weighted by Crippen LogP contribution is 2.35. The summed E-state index contributed by atoms with van der Waals surface area (Å²) in [6.45, 7) is -0.760. The number of H-pyrrole nitrogens is 1. The highest BCUT2D eigenvalue weighted by molar-refractivity contribution is 6.52. The second-order valence-electron chi connectivity index (χ2n) is 7.18. The fourth-order valence-electron chi connectivity index (χ4n) is 3.03. The van der Waals surface area contributed by atoms with Crippen molar-refractivity contribution in [2.75, 3.05) is 6.61 Å². The summed E-state index contributed by atoms with van der Waals surface area (Å²) in [6, 6.07) is 1.65. The number of rotatable bonds is 8. The lowest BCUT2D eigenvalue weighted by Crippen LogP contribution is -2.46. The zero-order valence-corrected chi connectivity index (χ0v) is 17.7. The molecular weight excluding hydrogens is 492 g/mol. The van der Waals surface area contributed by atoms with Gasteiger partial charge >= 0.3 is 17.9 Å². The van der Waals surface area contributed by atoms with Gasteiger partial charge in [0.1, 0.15) is 41.5 Å². The fraction of sp³-hybridized carbons (Fsp3) is 0.250. The van der Waals surface area contributed by atoms with Gasteiger partial charge in [-0.1, -0.05) is 0 Å². The van der Waals surface area contributed by atoms with E-state index in [9.17, 15) is 33.9 Å². The van der Waals surface area contributed by atoms with Gasteiger partial charge in [0.15, 0.2) is 6.29 Å². The number of nitrogens with zero attached hydrogens (tertiary/aromatic N) is 1. The van der Waals surface area contributed by atoms with Crippen molar-refractivity contribution in [1.82, 2.24) is 9.97 Å². The van der Waals surface area contributed by atoms with Crippen molar-refractivity contribution in [3.63, 3.8) is 0 Å². The summed E-state index contributed by atoms with van der Waals surface area (Å²) in [4.78, 5) is 73.6. The Bertz CT molecular complexity index is 1250. The van der Waals surface area contributed by atoms with E-state index in [-0.39, 0.29) is 23.1 Å². The van der Waals surface area contributed by atoms with Crippen LogP contribution in [0, 0.1) is 0 Å². The number of aromatic amines is 1. The number of aliphatic hydroxyl groups excluding tert-OH is 5. The molecule has 0 aromatic carbocycles. The first-order chi connectivity index (χ1) is 16.8. The third kappa shape index (κ3) is 5.32. The molecule has 0 saturated carbocycles. The summed E-state index contributed by atoms with van der Waals surface area (Å²) < 4.78 is 0. The standard InChI is InChI=1S/C14H6N2O8.C6H12O6/c17-10-4-2-6(14(23)24)15-8(4)7-3(12(19)20)1-5(13(21)22)16-9(7)11(10)18;7-1-3(9)5(11)6(12)4(10)2-8/h1-2,15H,(H,19,20)(H,21,22)(H,23,24);1,3-6,8-12H,2H2/t;3-,4+,5+,6+/m.0/s1. The van der Waals surface area contributed by atoms with E-state index < -0.39 is 83.1 Å². The zero-order valence-electron chi connectivity index (χ0n) is 17.7. The van der Waals surface area contributed by atoms with Crippen LogP contribution in [0.5, 0.6) is 0 Å². The Balaban J connectivity index is 0.000000324. The predicted molar refractivity (Wildman–Crippen MR) is 111 cm³/mol. The Hall–Kier alpha value is -4.35. The number of carbonyl (C=O) groups excluding carboxylic acids is 3. The van der Waals surface area contributed by atoms with E-state index in [1.165, 1.54) is 0 Å². The number of hydrogen-bond donors (Lipinski definition) is 9. The number of ketones is 2. The van der Waals surface area contributed by atoms with Crippen molar-refractivity contribution in [3.8, 4) is 11.3 Å². The van der Waals surface area contributed by atoms with E-state index >= 15 is 0 Å². The monoisotopic (exact) mass is 510 g/mol. The highest BCUT2D eigenvalue weighted by Gasteiger charge is 2.38. The molecule has 0 radical (unpaired) electrons. The fourth-order valence-corrected chi connectivity index (χ4v) is 3.03. The lowest BCUT2D eigenvalue weighted by Gasteiger charge is -2.22. The number of hydrogen-bond acceptors (Lipinski definition) is 12. The van der Waals surface area contributed by atoms with Gasteiger partial charge < -0.3 is 50.6 Å². The van der Waals surface area contributed by atoms with E-state index in [1.807, 2.05) is 0 Å². The normalized spacial score (nSPS) is 15.4. The van der Waals surface area contributed by atoms with E-state index in [4.69, 9.17) is 35.7 Å². The highest BCUT2D eigenvalue weighted by atomic mass is 16.4. The maximum absolute atomic E-state index is 12.1. The molecule has 1 aliphatic carbocycles. The maximum atomic E-state index is 12.1. The van der Waals surface area contributed by atoms with Crippen molar-refractivity contribution in [3.05, 3.63) is 40.3 Å². The summed E-state index contributed by atoms with van der Waals surface area (Å²) in [5, 5.41) is 70.8. The van der Waals surface area contributed by atoms with Crippen LogP contribution in [-0.4, -0.2) is 118 Å². The summed E-state index contributed by atoms with van der Waals surface area (Å²) in [7, 11) is 0. The average molecular weight is 510 g/mol. The van der Waals surface area contributed by atoms with Crippen LogP contribution < -0.4 is 0 Å². The molecular formula is C20H18N2O14. The molecule has 36 heavy (non-hydrogen) atoms. The molecule has 0 saturated heterocycles. The number of Topliss-reactive ketones (excluding diaryl/α,β-unsaturated/α-hetero) is 2. The summed E-state index contributed by atoms with van der Waals surface area (Å²) in [5.74, 6) is -6.87. The van der Waals surface area contributed by atoms with E-state index in [1.54, 1.807) is 0 Å². The molecule has 9 N–H and O–H groups in total. The summed E-state index contributed by atoms with van der Waals surface area (Å²) in [5.41, 5.74) is -3.21. The van der Waals surface area contributed by atoms with Gasteiger partial charge in [-0.3, -0.25) is 9.59 Å². The number of carboxylic acid groups (broad SMARTS) is 3. The van der Waals surface area contributed by atoms with Crippen LogP contribution >= 0.6 is 0 Å². The van der Waals surface area contributed by atoms with Crippen LogP contribution in [0.25, 0.3) is 11.3 Å². The van der Waals surface area contributed by atoms with Crippen molar-refractivity contribution >= 4 is 35.8 Å². The molecule has 0 aliphatic heterocycles. The van der Waals surface area contributed by atoms with Gasteiger partial charge in [0, 0.05) is 5.56 Å². The number of nitrogens with one attached hydrogen (secondary N) is 1. The molecule has 16 heteroatoms. The quantitative estimate of drug-likeness (QED) is 0.128. The minimum atomic E-state index is -1.79. The lowest BCUT2D eigenvalue weighted by molar-refractivity contribution is -0.136. The number of aliphatic hydroxyl groups is 5. The second kappa shape index (κ2) is 10.9. The number of aromatic nitrogens is 2. The molecule has 2 aromatic heterocycles. The lowest BCUT2D eigenvalue weighted by atomic mass is 9.88. The van der Waals surface area contributed by atoms with Crippen LogP contribution in [0.15, 0.2) is 12.1 Å². The number of carboxylic acids is 3. The van der Waals surface area contributed by atoms with Crippen molar-refractivity contribution in [2.45, 2.75) is 24.4 Å². The van der Waals surface area contributed by atoms with Crippen LogP contribution in [0.1, 0.15) is 52.2 Å². The Kier molecular flexibility index (Phi) is 8.47. The van der Waals surface area contributed by atoms with Crippen molar-refractivity contribution in [1.29, 1.82) is 0 Å². The van der Waals surface area contributed by atoms with Crippen LogP contribution in [0.4, 0.5) is 0 Å².